The van der Waals surface area contributed by atoms with Gasteiger partial charge in [0.1, 0.15) is 11.9 Å². The van der Waals surface area contributed by atoms with Gasteiger partial charge in [0, 0.05) is 31.2 Å². The van der Waals surface area contributed by atoms with Gasteiger partial charge in [-0.2, -0.15) is 0 Å². The van der Waals surface area contributed by atoms with Gasteiger partial charge in [-0.3, -0.25) is 9.88 Å². The topological polar surface area (TPSA) is 58.5 Å². The van der Waals surface area contributed by atoms with Gasteiger partial charge in [0.2, 0.25) is 0 Å². The lowest BCUT2D eigenvalue weighted by atomic mass is 10.1. The molecule has 6 heteroatoms. The van der Waals surface area contributed by atoms with Gasteiger partial charge in [0.25, 0.3) is 0 Å². The summed E-state index contributed by atoms with van der Waals surface area (Å²) in [7, 11) is 0. The number of rotatable bonds is 4. The van der Waals surface area contributed by atoms with E-state index in [1.807, 2.05) is 26.0 Å². The predicted octanol–water partition coefficient (Wildman–Crippen LogP) is 2.56. The maximum atomic E-state index is 10.4. The number of ether oxygens (including phenoxy) is 1. The summed E-state index contributed by atoms with van der Waals surface area (Å²) in [5, 5.41) is 13.6. The van der Waals surface area contributed by atoms with Crippen molar-refractivity contribution in [2.45, 2.75) is 45.4 Å². The SMILES string of the molecule is Cc1nc(CN2CC[C@H](Oc3cccnc3C)[C@@H](O)CC2)cs1. The minimum atomic E-state index is -0.447. The van der Waals surface area contributed by atoms with Crippen LogP contribution in [0.2, 0.25) is 0 Å². The predicted molar refractivity (Wildman–Crippen MR) is 90.8 cm³/mol. The van der Waals surface area contributed by atoms with E-state index in [2.05, 4.69) is 20.2 Å². The molecule has 23 heavy (non-hydrogen) atoms. The van der Waals surface area contributed by atoms with Crippen molar-refractivity contribution >= 4 is 11.3 Å². The fourth-order valence-corrected chi connectivity index (χ4v) is 3.48. The summed E-state index contributed by atoms with van der Waals surface area (Å²) in [5.41, 5.74) is 1.98. The average Bonchev–Trinajstić information content (AvgIpc) is 2.86. The number of nitrogens with zero attached hydrogens (tertiary/aromatic N) is 3. The summed E-state index contributed by atoms with van der Waals surface area (Å²) in [6.45, 7) is 6.56. The zero-order chi connectivity index (χ0) is 16.2. The number of aromatic nitrogens is 2. The molecule has 5 nitrogen and oxygen atoms in total. The van der Waals surface area contributed by atoms with E-state index in [-0.39, 0.29) is 6.10 Å². The fraction of sp³-hybridized carbons (Fsp3) is 0.529. The Morgan fingerprint density at radius 1 is 1.35 bits per heavy atom. The van der Waals surface area contributed by atoms with Gasteiger partial charge in [-0.1, -0.05) is 0 Å². The molecule has 0 amide bonds. The second-order valence-corrected chi connectivity index (χ2v) is 7.08. The Labute approximate surface area is 141 Å². The quantitative estimate of drug-likeness (QED) is 0.932. The highest BCUT2D eigenvalue weighted by molar-refractivity contribution is 7.09. The highest BCUT2D eigenvalue weighted by atomic mass is 32.1. The van der Waals surface area contributed by atoms with Gasteiger partial charge in [-0.25, -0.2) is 4.98 Å². The molecule has 124 valence electrons. The Bertz CT molecular complexity index is 646. The van der Waals surface area contributed by atoms with Crippen molar-refractivity contribution < 1.29 is 9.84 Å². The first-order valence-corrected chi connectivity index (χ1v) is 8.89. The lowest BCUT2D eigenvalue weighted by molar-refractivity contribution is 0.0343. The highest BCUT2D eigenvalue weighted by Crippen LogP contribution is 2.22. The largest absolute Gasteiger partial charge is 0.486 e. The molecule has 2 atom stereocenters. The van der Waals surface area contributed by atoms with E-state index in [0.29, 0.717) is 6.42 Å². The minimum Gasteiger partial charge on any atom is -0.486 e. The first kappa shape index (κ1) is 16.4. The van der Waals surface area contributed by atoms with Crippen molar-refractivity contribution in [2.75, 3.05) is 13.1 Å². The van der Waals surface area contributed by atoms with Crippen LogP contribution in [-0.4, -0.2) is 45.3 Å². The van der Waals surface area contributed by atoms with Gasteiger partial charge in [0.05, 0.1) is 22.5 Å². The molecular weight excluding hydrogens is 310 g/mol. The molecule has 1 aliphatic rings. The van der Waals surface area contributed by atoms with Crippen LogP contribution in [0.3, 0.4) is 0 Å². The van der Waals surface area contributed by atoms with E-state index in [4.69, 9.17) is 4.74 Å². The Morgan fingerprint density at radius 3 is 2.91 bits per heavy atom. The third-order valence-corrected chi connectivity index (χ3v) is 5.01. The molecule has 2 aromatic rings. The van der Waals surface area contributed by atoms with Crippen LogP contribution in [-0.2, 0) is 6.54 Å². The van der Waals surface area contributed by atoms with Crippen LogP contribution >= 0.6 is 11.3 Å². The summed E-state index contributed by atoms with van der Waals surface area (Å²) in [6, 6.07) is 3.78. The van der Waals surface area contributed by atoms with Crippen molar-refractivity contribution in [1.82, 2.24) is 14.9 Å². The van der Waals surface area contributed by atoms with Crippen molar-refractivity contribution in [3.63, 3.8) is 0 Å². The molecule has 0 radical (unpaired) electrons. The molecule has 0 spiro atoms. The van der Waals surface area contributed by atoms with Crippen molar-refractivity contribution in [3.8, 4) is 5.75 Å². The normalized spacial score (nSPS) is 22.7. The molecule has 0 aromatic carbocycles. The van der Waals surface area contributed by atoms with Crippen LogP contribution in [0.15, 0.2) is 23.7 Å². The van der Waals surface area contributed by atoms with Crippen LogP contribution in [0, 0.1) is 13.8 Å². The maximum absolute atomic E-state index is 10.4. The summed E-state index contributed by atoms with van der Waals surface area (Å²) in [5.74, 6) is 0.764. The summed E-state index contributed by atoms with van der Waals surface area (Å²) >= 11 is 1.68. The average molecular weight is 333 g/mol. The third kappa shape index (κ3) is 4.28. The lowest BCUT2D eigenvalue weighted by Gasteiger charge is -2.22. The van der Waals surface area contributed by atoms with Gasteiger partial charge >= 0.3 is 0 Å². The molecule has 1 saturated heterocycles. The molecule has 1 aliphatic heterocycles. The summed E-state index contributed by atoms with van der Waals surface area (Å²) in [4.78, 5) is 11.1. The number of pyridine rings is 1. The number of thiazole rings is 1. The highest BCUT2D eigenvalue weighted by Gasteiger charge is 2.27. The molecule has 0 aliphatic carbocycles. The molecule has 1 fully saturated rings. The smallest absolute Gasteiger partial charge is 0.141 e. The monoisotopic (exact) mass is 333 g/mol. The van der Waals surface area contributed by atoms with E-state index in [1.54, 1.807) is 17.5 Å². The Hall–Kier alpha value is -1.50. The first-order valence-electron chi connectivity index (χ1n) is 8.01. The molecular formula is C17H23N3O2S. The van der Waals surface area contributed by atoms with Crippen molar-refractivity contribution in [1.29, 1.82) is 0 Å². The zero-order valence-electron chi connectivity index (χ0n) is 13.6. The van der Waals surface area contributed by atoms with E-state index in [1.165, 1.54) is 0 Å². The lowest BCUT2D eigenvalue weighted by Crippen LogP contribution is -2.31. The second kappa shape index (κ2) is 7.38. The van der Waals surface area contributed by atoms with Crippen molar-refractivity contribution in [2.24, 2.45) is 0 Å². The number of aryl methyl sites for hydroxylation is 2. The van der Waals surface area contributed by atoms with E-state index >= 15 is 0 Å². The number of aliphatic hydroxyl groups excluding tert-OH is 1. The molecule has 0 saturated carbocycles. The molecule has 0 bridgehead atoms. The molecule has 2 aromatic heterocycles. The molecule has 3 heterocycles. The Morgan fingerprint density at radius 2 is 2.17 bits per heavy atom. The minimum absolute atomic E-state index is 0.180. The maximum Gasteiger partial charge on any atom is 0.141 e. The Balaban J connectivity index is 1.60. The van der Waals surface area contributed by atoms with Gasteiger partial charge in [0.15, 0.2) is 0 Å². The first-order chi connectivity index (χ1) is 11.1. The molecule has 3 rings (SSSR count). The van der Waals surface area contributed by atoms with Crippen LogP contribution in [0.5, 0.6) is 5.75 Å². The van der Waals surface area contributed by atoms with Gasteiger partial charge in [-0.05, 0) is 38.8 Å². The third-order valence-electron chi connectivity index (χ3n) is 4.19. The van der Waals surface area contributed by atoms with Crippen molar-refractivity contribution in [3.05, 3.63) is 40.1 Å². The van der Waals surface area contributed by atoms with Crippen LogP contribution in [0.4, 0.5) is 0 Å². The number of hydrogen-bond acceptors (Lipinski definition) is 6. The summed E-state index contributed by atoms with van der Waals surface area (Å²) in [6.07, 6.45) is 2.64. The standard InChI is InChI=1S/C17H23N3O2S/c1-12-16(4-3-7-18-12)22-17-6-9-20(8-5-15(17)21)10-14-11-23-13(2)19-14/h3-4,7,11,15,17,21H,5-6,8-10H2,1-2H3/t15-,17-/m0/s1. The van der Waals surface area contributed by atoms with Gasteiger partial charge < -0.3 is 9.84 Å². The van der Waals surface area contributed by atoms with Gasteiger partial charge in [-0.15, -0.1) is 11.3 Å². The number of aliphatic hydroxyl groups is 1. The number of hydrogen-bond donors (Lipinski definition) is 1. The molecule has 1 N–H and O–H groups in total. The summed E-state index contributed by atoms with van der Waals surface area (Å²) < 4.78 is 6.03. The second-order valence-electron chi connectivity index (χ2n) is 6.02. The zero-order valence-corrected chi connectivity index (χ0v) is 14.4. The van der Waals surface area contributed by atoms with E-state index in [9.17, 15) is 5.11 Å². The fourth-order valence-electron chi connectivity index (χ4n) is 2.88. The van der Waals surface area contributed by atoms with Crippen LogP contribution < -0.4 is 4.74 Å². The number of likely N-dealkylation sites (tertiary alicyclic amines) is 1. The van der Waals surface area contributed by atoms with E-state index < -0.39 is 6.10 Å². The van der Waals surface area contributed by atoms with Crippen LogP contribution in [0.1, 0.15) is 29.2 Å². The van der Waals surface area contributed by atoms with Crippen LogP contribution in [0.25, 0.3) is 0 Å². The molecule has 0 unspecified atom stereocenters. The Kier molecular flexibility index (Phi) is 5.25. The van der Waals surface area contributed by atoms with E-state index in [0.717, 1.165) is 48.2 Å².